The van der Waals surface area contributed by atoms with E-state index in [2.05, 4.69) is 48.7 Å². The van der Waals surface area contributed by atoms with Crippen LogP contribution in [0.1, 0.15) is 64.0 Å². The Kier molecular flexibility index (Phi) is 13.8. The Labute approximate surface area is 196 Å². The highest BCUT2D eigenvalue weighted by molar-refractivity contribution is 14.0. The molecule has 1 aromatic rings. The Morgan fingerprint density at radius 2 is 1.97 bits per heavy atom. The van der Waals surface area contributed by atoms with Crippen molar-refractivity contribution in [3.63, 3.8) is 0 Å². The van der Waals surface area contributed by atoms with Gasteiger partial charge in [0.15, 0.2) is 5.96 Å². The Hall–Kier alpha value is -0.670. The van der Waals surface area contributed by atoms with E-state index in [0.29, 0.717) is 24.4 Å². The summed E-state index contributed by atoms with van der Waals surface area (Å²) in [5.74, 6) is 1.60. The average molecular weight is 536 g/mol. The predicted molar refractivity (Wildman–Crippen MR) is 134 cm³/mol. The summed E-state index contributed by atoms with van der Waals surface area (Å²) >= 11 is 0. The third-order valence-corrected chi connectivity index (χ3v) is 6.84. The molecule has 0 heterocycles. The number of benzene rings is 1. The van der Waals surface area contributed by atoms with Crippen LogP contribution in [0.15, 0.2) is 29.3 Å². The molecular weight excluding hydrogens is 497 g/mol. The fourth-order valence-corrected chi connectivity index (χ4v) is 4.96. The third kappa shape index (κ3) is 9.34. The van der Waals surface area contributed by atoms with Crippen molar-refractivity contribution < 1.29 is 8.95 Å². The molecule has 3 atom stereocenters. The van der Waals surface area contributed by atoms with Gasteiger partial charge in [0.05, 0.1) is 13.2 Å². The maximum Gasteiger partial charge on any atom is 0.191 e. The fraction of sp³-hybridized carbons (Fsp3) is 0.682. The number of rotatable bonds is 10. The lowest BCUT2D eigenvalue weighted by atomic mass is 9.95. The van der Waals surface area contributed by atoms with Gasteiger partial charge in [-0.15, -0.1) is 24.0 Å². The molecule has 0 saturated heterocycles. The van der Waals surface area contributed by atoms with Gasteiger partial charge in [-0.25, -0.2) is 4.99 Å². The van der Waals surface area contributed by atoms with Gasteiger partial charge in [0, 0.05) is 41.0 Å². The van der Waals surface area contributed by atoms with Crippen molar-refractivity contribution in [2.45, 2.75) is 77.3 Å². The molecule has 0 spiro atoms. The zero-order valence-corrected chi connectivity index (χ0v) is 21.3. The SMILES string of the molecule is CCCOCc1ccccc1CN=C(NCC)NC1CCCC(S(=O)CC)C1.I. The normalized spacial score (nSPS) is 20.6. The Balaban J connectivity index is 0.00000420. The van der Waals surface area contributed by atoms with Crippen LogP contribution in [0.3, 0.4) is 0 Å². The maximum absolute atomic E-state index is 12.2. The number of hydrogen-bond donors (Lipinski definition) is 2. The Morgan fingerprint density at radius 1 is 1.21 bits per heavy atom. The van der Waals surface area contributed by atoms with Crippen molar-refractivity contribution in [2.24, 2.45) is 4.99 Å². The average Bonchev–Trinajstić information content (AvgIpc) is 2.73. The highest BCUT2D eigenvalue weighted by Crippen LogP contribution is 2.23. The number of nitrogens with zero attached hydrogens (tertiary/aromatic N) is 1. The minimum Gasteiger partial charge on any atom is -0.377 e. The second kappa shape index (κ2) is 15.2. The van der Waals surface area contributed by atoms with Gasteiger partial charge in [0.25, 0.3) is 0 Å². The van der Waals surface area contributed by atoms with Crippen molar-refractivity contribution in [1.29, 1.82) is 0 Å². The summed E-state index contributed by atoms with van der Waals surface area (Å²) in [5.41, 5.74) is 2.40. The van der Waals surface area contributed by atoms with Crippen LogP contribution in [0.5, 0.6) is 0 Å². The summed E-state index contributed by atoms with van der Waals surface area (Å²) in [5, 5.41) is 7.26. The van der Waals surface area contributed by atoms with E-state index in [1.807, 2.05) is 6.92 Å². The van der Waals surface area contributed by atoms with E-state index in [-0.39, 0.29) is 24.0 Å². The van der Waals surface area contributed by atoms with Crippen molar-refractivity contribution >= 4 is 40.7 Å². The van der Waals surface area contributed by atoms with Crippen LogP contribution >= 0.6 is 24.0 Å². The summed E-state index contributed by atoms with van der Waals surface area (Å²) in [6, 6.07) is 8.69. The number of ether oxygens (including phenoxy) is 1. The number of nitrogens with one attached hydrogen (secondary N) is 2. The summed E-state index contributed by atoms with van der Waals surface area (Å²) in [6.07, 6.45) is 5.32. The molecule has 1 aromatic carbocycles. The molecule has 1 saturated carbocycles. The van der Waals surface area contributed by atoms with Crippen molar-refractivity contribution in [1.82, 2.24) is 10.6 Å². The van der Waals surface area contributed by atoms with Crippen LogP contribution < -0.4 is 10.6 Å². The lowest BCUT2D eigenvalue weighted by Gasteiger charge is -2.30. The van der Waals surface area contributed by atoms with Crippen molar-refractivity contribution in [3.8, 4) is 0 Å². The molecule has 1 aliphatic carbocycles. The molecule has 2 rings (SSSR count). The maximum atomic E-state index is 12.2. The molecule has 1 aliphatic rings. The van der Waals surface area contributed by atoms with Crippen LogP contribution in [0.2, 0.25) is 0 Å². The van der Waals surface area contributed by atoms with Crippen LogP contribution in [-0.4, -0.2) is 40.4 Å². The van der Waals surface area contributed by atoms with Crippen LogP contribution in [0, 0.1) is 0 Å². The molecule has 5 nitrogen and oxygen atoms in total. The van der Waals surface area contributed by atoms with E-state index in [1.165, 1.54) is 11.1 Å². The fourth-order valence-electron chi connectivity index (χ4n) is 3.61. The number of guanidine groups is 1. The first kappa shape index (κ1) is 26.4. The Morgan fingerprint density at radius 3 is 2.66 bits per heavy atom. The quantitative estimate of drug-likeness (QED) is 0.202. The minimum absolute atomic E-state index is 0. The van der Waals surface area contributed by atoms with E-state index in [4.69, 9.17) is 9.73 Å². The van der Waals surface area contributed by atoms with Gasteiger partial charge in [-0.05, 0) is 43.7 Å². The zero-order valence-electron chi connectivity index (χ0n) is 18.1. The van der Waals surface area contributed by atoms with E-state index < -0.39 is 10.8 Å². The molecule has 0 aromatic heterocycles. The monoisotopic (exact) mass is 535 g/mol. The number of aliphatic imine (C=N–C) groups is 1. The lowest BCUT2D eigenvalue weighted by Crippen LogP contribution is -2.46. The van der Waals surface area contributed by atoms with Gasteiger partial charge >= 0.3 is 0 Å². The topological polar surface area (TPSA) is 62.7 Å². The van der Waals surface area contributed by atoms with E-state index in [9.17, 15) is 4.21 Å². The third-order valence-electron chi connectivity index (χ3n) is 5.10. The predicted octanol–water partition coefficient (Wildman–Crippen LogP) is 4.37. The first-order valence-electron chi connectivity index (χ1n) is 10.7. The molecule has 1 fully saturated rings. The van der Waals surface area contributed by atoms with Gasteiger partial charge in [0.2, 0.25) is 0 Å². The molecule has 0 aliphatic heterocycles. The van der Waals surface area contributed by atoms with Gasteiger partial charge in [0.1, 0.15) is 0 Å². The standard InChI is InChI=1S/C22H37N3O2S.HI/c1-4-14-27-17-19-11-8-7-10-18(19)16-24-22(23-5-2)25-20-12-9-13-21(15-20)28(26)6-3;/h7-8,10-11,20-21H,4-6,9,12-17H2,1-3H3,(H2,23,24,25);1H. The van der Waals surface area contributed by atoms with E-state index in [1.54, 1.807) is 0 Å². The zero-order chi connectivity index (χ0) is 20.2. The van der Waals surface area contributed by atoms with E-state index >= 15 is 0 Å². The molecule has 166 valence electrons. The van der Waals surface area contributed by atoms with Crippen molar-refractivity contribution in [3.05, 3.63) is 35.4 Å². The molecule has 7 heteroatoms. The molecule has 29 heavy (non-hydrogen) atoms. The first-order chi connectivity index (χ1) is 13.7. The summed E-state index contributed by atoms with van der Waals surface area (Å²) in [6.45, 7) is 9.08. The van der Waals surface area contributed by atoms with Crippen LogP contribution in [0.25, 0.3) is 0 Å². The van der Waals surface area contributed by atoms with Gasteiger partial charge in [-0.2, -0.15) is 0 Å². The highest BCUT2D eigenvalue weighted by atomic mass is 127. The molecule has 0 radical (unpaired) electrons. The molecule has 2 N–H and O–H groups in total. The first-order valence-corrected chi connectivity index (χ1v) is 12.1. The molecule has 0 bridgehead atoms. The Bertz CT molecular complexity index is 642. The van der Waals surface area contributed by atoms with Crippen LogP contribution in [-0.2, 0) is 28.7 Å². The van der Waals surface area contributed by atoms with Gasteiger partial charge in [-0.3, -0.25) is 4.21 Å². The smallest absolute Gasteiger partial charge is 0.191 e. The number of hydrogen-bond acceptors (Lipinski definition) is 3. The largest absolute Gasteiger partial charge is 0.377 e. The summed E-state index contributed by atoms with van der Waals surface area (Å²) in [4.78, 5) is 4.82. The summed E-state index contributed by atoms with van der Waals surface area (Å²) < 4.78 is 17.9. The lowest BCUT2D eigenvalue weighted by molar-refractivity contribution is 0.121. The van der Waals surface area contributed by atoms with E-state index in [0.717, 1.165) is 57.0 Å². The summed E-state index contributed by atoms with van der Waals surface area (Å²) in [7, 11) is -0.708. The second-order valence-electron chi connectivity index (χ2n) is 7.32. The molecule has 3 unspecified atom stereocenters. The molecular formula is C22H38IN3O2S. The number of halogens is 1. The van der Waals surface area contributed by atoms with Crippen molar-refractivity contribution in [2.75, 3.05) is 18.9 Å². The van der Waals surface area contributed by atoms with Gasteiger partial charge in [-0.1, -0.05) is 44.5 Å². The van der Waals surface area contributed by atoms with Gasteiger partial charge < -0.3 is 15.4 Å². The van der Waals surface area contributed by atoms with Crippen LogP contribution in [0.4, 0.5) is 0 Å². The second-order valence-corrected chi connectivity index (χ2v) is 9.32. The molecule has 0 amide bonds. The minimum atomic E-state index is -0.708. The highest BCUT2D eigenvalue weighted by Gasteiger charge is 2.26.